The number of urea groups is 1. The number of carbonyl (C=O) groups is 3. The lowest BCUT2D eigenvalue weighted by Gasteiger charge is -2.30. The van der Waals surface area contributed by atoms with Crippen molar-refractivity contribution in [2.75, 3.05) is 26.2 Å². The molecule has 25 heavy (non-hydrogen) atoms. The molecule has 3 N–H and O–H groups in total. The molecule has 0 bridgehead atoms. The minimum atomic E-state index is -0.479. The smallest absolute Gasteiger partial charge is 0.321 e. The minimum Gasteiger partial charge on any atom is -0.356 e. The fraction of sp³-hybridized carbons (Fsp3) is 0.588. The summed E-state index contributed by atoms with van der Waals surface area (Å²) in [6, 6.07) is 3.36. The SMILES string of the molecule is CCCNC(=O)C1CCN(CC(=O)NC(=O)NCc2cccs2)CC1. The van der Waals surface area contributed by atoms with E-state index in [2.05, 4.69) is 16.0 Å². The number of piperidine rings is 1. The number of thiophene rings is 1. The van der Waals surface area contributed by atoms with Gasteiger partial charge in [-0.25, -0.2) is 4.79 Å². The molecule has 1 fully saturated rings. The van der Waals surface area contributed by atoms with Gasteiger partial charge in [0.25, 0.3) is 0 Å². The Labute approximate surface area is 152 Å². The van der Waals surface area contributed by atoms with Crippen molar-refractivity contribution in [3.63, 3.8) is 0 Å². The zero-order valence-electron chi connectivity index (χ0n) is 14.5. The lowest BCUT2D eigenvalue weighted by Crippen LogP contribution is -2.47. The van der Waals surface area contributed by atoms with Crippen molar-refractivity contribution < 1.29 is 14.4 Å². The average Bonchev–Trinajstić information content (AvgIpc) is 3.12. The number of rotatable bonds is 7. The van der Waals surface area contributed by atoms with Crippen molar-refractivity contribution >= 4 is 29.2 Å². The zero-order chi connectivity index (χ0) is 18.1. The van der Waals surface area contributed by atoms with Crippen LogP contribution in [0.1, 0.15) is 31.1 Å². The van der Waals surface area contributed by atoms with Gasteiger partial charge in [0.05, 0.1) is 13.1 Å². The first-order valence-corrected chi connectivity index (χ1v) is 9.56. The van der Waals surface area contributed by atoms with Crippen molar-refractivity contribution in [2.45, 2.75) is 32.7 Å². The fourth-order valence-electron chi connectivity index (χ4n) is 2.74. The second kappa shape index (κ2) is 10.1. The van der Waals surface area contributed by atoms with E-state index in [4.69, 9.17) is 0 Å². The molecule has 0 spiro atoms. The Morgan fingerprint density at radius 2 is 2.00 bits per heavy atom. The molecule has 4 amide bonds. The molecule has 0 aromatic carbocycles. The van der Waals surface area contributed by atoms with Crippen molar-refractivity contribution in [1.29, 1.82) is 0 Å². The molecule has 2 heterocycles. The van der Waals surface area contributed by atoms with Crippen molar-refractivity contribution in [3.05, 3.63) is 22.4 Å². The highest BCUT2D eigenvalue weighted by Gasteiger charge is 2.25. The van der Waals surface area contributed by atoms with Gasteiger partial charge in [-0.05, 0) is 43.8 Å². The van der Waals surface area contributed by atoms with E-state index in [0.717, 1.165) is 24.1 Å². The van der Waals surface area contributed by atoms with Crippen LogP contribution in [0.15, 0.2) is 17.5 Å². The van der Waals surface area contributed by atoms with Gasteiger partial charge in [-0.3, -0.25) is 19.8 Å². The predicted molar refractivity (Wildman–Crippen MR) is 97.2 cm³/mol. The van der Waals surface area contributed by atoms with Gasteiger partial charge < -0.3 is 10.6 Å². The van der Waals surface area contributed by atoms with E-state index in [-0.39, 0.29) is 24.3 Å². The predicted octanol–water partition coefficient (Wildman–Crippen LogP) is 1.31. The second-order valence-electron chi connectivity index (χ2n) is 6.15. The summed E-state index contributed by atoms with van der Waals surface area (Å²) < 4.78 is 0. The maximum atomic E-state index is 11.9. The van der Waals surface area contributed by atoms with E-state index in [9.17, 15) is 14.4 Å². The van der Waals surface area contributed by atoms with Crippen LogP contribution in [0.4, 0.5) is 4.79 Å². The van der Waals surface area contributed by atoms with Crippen LogP contribution < -0.4 is 16.0 Å². The van der Waals surface area contributed by atoms with Crippen LogP contribution in [0.2, 0.25) is 0 Å². The van der Waals surface area contributed by atoms with Crippen molar-refractivity contribution in [1.82, 2.24) is 20.9 Å². The monoisotopic (exact) mass is 366 g/mol. The summed E-state index contributed by atoms with van der Waals surface area (Å²) in [7, 11) is 0. The second-order valence-corrected chi connectivity index (χ2v) is 7.18. The van der Waals surface area contributed by atoms with Crippen molar-refractivity contribution in [2.24, 2.45) is 5.92 Å². The highest BCUT2D eigenvalue weighted by molar-refractivity contribution is 7.09. The van der Waals surface area contributed by atoms with Gasteiger partial charge in [0, 0.05) is 17.3 Å². The first-order chi connectivity index (χ1) is 12.1. The van der Waals surface area contributed by atoms with E-state index in [1.54, 1.807) is 11.3 Å². The zero-order valence-corrected chi connectivity index (χ0v) is 15.4. The van der Waals surface area contributed by atoms with Gasteiger partial charge >= 0.3 is 6.03 Å². The Kier molecular flexibility index (Phi) is 7.87. The topological polar surface area (TPSA) is 90.5 Å². The quantitative estimate of drug-likeness (QED) is 0.679. The van der Waals surface area contributed by atoms with Crippen LogP contribution >= 0.6 is 11.3 Å². The van der Waals surface area contributed by atoms with Crippen LogP contribution in [0.25, 0.3) is 0 Å². The van der Waals surface area contributed by atoms with Crippen molar-refractivity contribution in [3.8, 4) is 0 Å². The first kappa shape index (κ1) is 19.4. The molecule has 1 aromatic heterocycles. The van der Waals surface area contributed by atoms with Crippen LogP contribution in [0.5, 0.6) is 0 Å². The largest absolute Gasteiger partial charge is 0.356 e. The number of likely N-dealkylation sites (tertiary alicyclic amines) is 1. The third kappa shape index (κ3) is 6.83. The van der Waals surface area contributed by atoms with E-state index in [1.165, 1.54) is 0 Å². The normalized spacial score (nSPS) is 15.6. The maximum absolute atomic E-state index is 11.9. The number of carbonyl (C=O) groups excluding carboxylic acids is 3. The molecule has 1 aliphatic rings. The van der Waals surface area contributed by atoms with Crippen LogP contribution in [-0.4, -0.2) is 48.9 Å². The maximum Gasteiger partial charge on any atom is 0.321 e. The molecular formula is C17H26N4O3S. The van der Waals surface area contributed by atoms with E-state index in [1.807, 2.05) is 29.3 Å². The highest BCUT2D eigenvalue weighted by Crippen LogP contribution is 2.17. The fourth-order valence-corrected chi connectivity index (χ4v) is 3.38. The summed E-state index contributed by atoms with van der Waals surface area (Å²) >= 11 is 1.55. The van der Waals surface area contributed by atoms with Crippen LogP contribution in [-0.2, 0) is 16.1 Å². The summed E-state index contributed by atoms with van der Waals surface area (Å²) in [5.74, 6) is -0.184. The number of amides is 4. The lowest BCUT2D eigenvalue weighted by atomic mass is 9.96. The van der Waals surface area contributed by atoms with Gasteiger partial charge in [-0.15, -0.1) is 11.3 Å². The molecule has 1 aliphatic heterocycles. The average molecular weight is 366 g/mol. The minimum absolute atomic E-state index is 0.0277. The third-order valence-electron chi connectivity index (χ3n) is 4.13. The number of nitrogens with zero attached hydrogens (tertiary/aromatic N) is 1. The number of imide groups is 1. The van der Waals surface area contributed by atoms with Gasteiger partial charge in [0.2, 0.25) is 11.8 Å². The summed E-state index contributed by atoms with van der Waals surface area (Å²) in [5.41, 5.74) is 0. The molecule has 0 unspecified atom stereocenters. The number of hydrogen-bond donors (Lipinski definition) is 3. The van der Waals surface area contributed by atoms with E-state index in [0.29, 0.717) is 26.2 Å². The van der Waals surface area contributed by atoms with E-state index < -0.39 is 6.03 Å². The molecular weight excluding hydrogens is 340 g/mol. The Balaban J connectivity index is 1.63. The molecule has 0 aliphatic carbocycles. The molecule has 2 rings (SSSR count). The Morgan fingerprint density at radius 3 is 2.64 bits per heavy atom. The number of nitrogens with one attached hydrogen (secondary N) is 3. The lowest BCUT2D eigenvalue weighted by molar-refractivity contribution is -0.126. The van der Waals surface area contributed by atoms with Crippen LogP contribution in [0, 0.1) is 5.92 Å². The van der Waals surface area contributed by atoms with E-state index >= 15 is 0 Å². The summed E-state index contributed by atoms with van der Waals surface area (Å²) in [6.45, 7) is 4.70. The van der Waals surface area contributed by atoms with Gasteiger partial charge in [-0.2, -0.15) is 0 Å². The van der Waals surface area contributed by atoms with Gasteiger partial charge in [-0.1, -0.05) is 13.0 Å². The summed E-state index contributed by atoms with van der Waals surface area (Å²) in [6.07, 6.45) is 2.42. The van der Waals surface area contributed by atoms with Gasteiger partial charge in [0.15, 0.2) is 0 Å². The number of hydrogen-bond acceptors (Lipinski definition) is 5. The molecule has 8 heteroatoms. The Hall–Kier alpha value is -1.93. The molecule has 7 nitrogen and oxygen atoms in total. The highest BCUT2D eigenvalue weighted by atomic mass is 32.1. The third-order valence-corrected chi connectivity index (χ3v) is 5.01. The molecule has 138 valence electrons. The molecule has 1 saturated heterocycles. The molecule has 0 atom stereocenters. The standard InChI is InChI=1S/C17H26N4O3S/c1-2-7-18-16(23)13-5-8-21(9-6-13)12-15(22)20-17(24)19-11-14-4-3-10-25-14/h3-4,10,13H,2,5-9,11-12H2,1H3,(H,18,23)(H2,19,20,22,24). The van der Waals surface area contributed by atoms with Gasteiger partial charge in [0.1, 0.15) is 0 Å². The molecule has 0 radical (unpaired) electrons. The summed E-state index contributed by atoms with van der Waals surface area (Å²) in [4.78, 5) is 38.6. The molecule has 0 saturated carbocycles. The molecule has 1 aromatic rings. The Morgan fingerprint density at radius 1 is 1.24 bits per heavy atom. The van der Waals surface area contributed by atoms with Crippen LogP contribution in [0.3, 0.4) is 0 Å². The first-order valence-electron chi connectivity index (χ1n) is 8.68. The Bertz CT molecular complexity index is 568. The summed E-state index contributed by atoms with van der Waals surface area (Å²) in [5, 5.41) is 9.87.